The van der Waals surface area contributed by atoms with E-state index in [2.05, 4.69) is 0 Å². The number of hydrogen-bond acceptors (Lipinski definition) is 4. The molecule has 0 saturated heterocycles. The Balaban J connectivity index is 0.000000365. The van der Waals surface area contributed by atoms with Crippen molar-refractivity contribution in [2.24, 2.45) is 5.92 Å². The summed E-state index contributed by atoms with van der Waals surface area (Å²) in [4.78, 5) is 0. The van der Waals surface area contributed by atoms with Crippen LogP contribution in [0.3, 0.4) is 0 Å². The molecule has 0 aliphatic heterocycles. The van der Waals surface area contributed by atoms with Crippen LogP contribution in [0.4, 0.5) is 0 Å². The SMILES string of the molecule is C1CC1.CC=C(SSCC1CC1)S(C)(=O)=O. The molecule has 0 spiro atoms. The van der Waals surface area contributed by atoms with Gasteiger partial charge in [-0.1, -0.05) is 36.1 Å². The van der Waals surface area contributed by atoms with Crippen LogP contribution in [-0.2, 0) is 9.84 Å². The molecule has 0 unspecified atom stereocenters. The highest BCUT2D eigenvalue weighted by Gasteiger charge is 2.22. The Kier molecular flexibility index (Phi) is 6.29. The molecule has 5 heteroatoms. The van der Waals surface area contributed by atoms with E-state index in [0.717, 1.165) is 11.7 Å². The summed E-state index contributed by atoms with van der Waals surface area (Å²) in [5.74, 6) is 1.92. The smallest absolute Gasteiger partial charge is 0.181 e. The second-order valence-corrected chi connectivity index (χ2v) is 8.88. The van der Waals surface area contributed by atoms with Crippen molar-refractivity contribution in [3.63, 3.8) is 0 Å². The van der Waals surface area contributed by atoms with Crippen molar-refractivity contribution in [3.05, 3.63) is 10.3 Å². The molecule has 94 valence electrons. The summed E-state index contributed by atoms with van der Waals surface area (Å²) in [5.41, 5.74) is 0. The monoisotopic (exact) mass is 280 g/mol. The van der Waals surface area contributed by atoms with E-state index in [1.807, 2.05) is 0 Å². The summed E-state index contributed by atoms with van der Waals surface area (Å²) in [7, 11) is 0.0500. The first-order chi connectivity index (χ1) is 7.54. The van der Waals surface area contributed by atoms with E-state index in [1.165, 1.54) is 49.2 Å². The number of hydrogen-bond donors (Lipinski definition) is 0. The average molecular weight is 280 g/mol. The lowest BCUT2D eigenvalue weighted by molar-refractivity contribution is 0.609. The third kappa shape index (κ3) is 7.63. The molecule has 2 aliphatic carbocycles. The predicted molar refractivity (Wildman–Crippen MR) is 75.2 cm³/mol. The number of allylic oxidation sites excluding steroid dienone is 1. The van der Waals surface area contributed by atoms with E-state index in [9.17, 15) is 8.42 Å². The third-order valence-electron chi connectivity index (χ3n) is 2.10. The van der Waals surface area contributed by atoms with Gasteiger partial charge in [0.25, 0.3) is 0 Å². The van der Waals surface area contributed by atoms with Gasteiger partial charge in [0, 0.05) is 12.0 Å². The standard InChI is InChI=1S/C8H14O2S3.C3H6/c1-3-8(13(2,9)10)12-11-6-7-4-5-7;1-2-3-1/h3,7H,4-6H2,1-2H3;1-3H2. The Hall–Kier alpha value is 0.390. The van der Waals surface area contributed by atoms with Crippen molar-refractivity contribution in [1.82, 2.24) is 0 Å². The second kappa shape index (κ2) is 6.97. The maximum absolute atomic E-state index is 11.2. The van der Waals surface area contributed by atoms with Gasteiger partial charge in [0.2, 0.25) is 0 Å². The summed E-state index contributed by atoms with van der Waals surface area (Å²) >= 11 is 0. The highest BCUT2D eigenvalue weighted by Crippen LogP contribution is 2.40. The van der Waals surface area contributed by atoms with E-state index in [1.54, 1.807) is 23.8 Å². The van der Waals surface area contributed by atoms with Crippen molar-refractivity contribution in [1.29, 1.82) is 0 Å². The normalized spacial score (nSPS) is 20.0. The molecule has 2 rings (SSSR count). The number of rotatable bonds is 5. The van der Waals surface area contributed by atoms with Gasteiger partial charge in [-0.2, -0.15) is 0 Å². The molecule has 0 aromatic rings. The Morgan fingerprint density at radius 3 is 2.19 bits per heavy atom. The van der Waals surface area contributed by atoms with Crippen molar-refractivity contribution in [3.8, 4) is 0 Å². The quantitative estimate of drug-likeness (QED) is 0.716. The molecular weight excluding hydrogens is 260 g/mol. The minimum absolute atomic E-state index is 0.484. The highest BCUT2D eigenvalue weighted by molar-refractivity contribution is 8.79. The topological polar surface area (TPSA) is 34.1 Å². The minimum atomic E-state index is -2.99. The molecule has 2 fully saturated rings. The fourth-order valence-corrected chi connectivity index (χ4v) is 5.49. The first-order valence-electron chi connectivity index (χ1n) is 5.70. The fourth-order valence-electron chi connectivity index (χ4n) is 0.797. The van der Waals surface area contributed by atoms with E-state index in [-0.39, 0.29) is 0 Å². The zero-order valence-electron chi connectivity index (χ0n) is 9.94. The first kappa shape index (κ1) is 14.5. The molecule has 0 atom stereocenters. The lowest BCUT2D eigenvalue weighted by Gasteiger charge is -2.02. The highest BCUT2D eigenvalue weighted by atomic mass is 33.1. The molecule has 16 heavy (non-hydrogen) atoms. The van der Waals surface area contributed by atoms with Gasteiger partial charge in [0.1, 0.15) is 4.24 Å². The van der Waals surface area contributed by atoms with Crippen LogP contribution in [0.2, 0.25) is 0 Å². The molecule has 0 aromatic carbocycles. The van der Waals surface area contributed by atoms with Gasteiger partial charge in [-0.15, -0.1) is 0 Å². The Morgan fingerprint density at radius 2 is 1.88 bits per heavy atom. The van der Waals surface area contributed by atoms with Gasteiger partial charge >= 0.3 is 0 Å². The zero-order valence-corrected chi connectivity index (χ0v) is 12.4. The first-order valence-corrected chi connectivity index (χ1v) is 9.91. The lowest BCUT2D eigenvalue weighted by atomic mass is 10.5. The molecule has 0 aromatic heterocycles. The third-order valence-corrected chi connectivity index (χ3v) is 6.96. The van der Waals surface area contributed by atoms with Gasteiger partial charge in [0.15, 0.2) is 9.84 Å². The van der Waals surface area contributed by atoms with Crippen LogP contribution < -0.4 is 0 Å². The van der Waals surface area contributed by atoms with Crippen molar-refractivity contribution < 1.29 is 8.42 Å². The predicted octanol–water partition coefficient (Wildman–Crippen LogP) is 3.85. The van der Waals surface area contributed by atoms with Gasteiger partial charge < -0.3 is 0 Å². The maximum atomic E-state index is 11.2. The summed E-state index contributed by atoms with van der Waals surface area (Å²) in [5, 5.41) is 0. The van der Waals surface area contributed by atoms with Crippen LogP contribution in [0.25, 0.3) is 0 Å². The Labute approximate surface area is 107 Å². The Morgan fingerprint density at radius 1 is 1.31 bits per heavy atom. The van der Waals surface area contributed by atoms with E-state index < -0.39 is 9.84 Å². The molecule has 2 saturated carbocycles. The molecule has 0 bridgehead atoms. The largest absolute Gasteiger partial charge is 0.223 e. The van der Waals surface area contributed by atoms with Crippen LogP contribution >= 0.6 is 21.6 Å². The summed E-state index contributed by atoms with van der Waals surface area (Å²) < 4.78 is 22.8. The molecule has 0 heterocycles. The number of sulfone groups is 1. The molecule has 0 N–H and O–H groups in total. The van der Waals surface area contributed by atoms with Crippen LogP contribution in [0, 0.1) is 5.92 Å². The molecular formula is C11H20O2S3. The summed E-state index contributed by atoms with van der Waals surface area (Å²) in [6, 6.07) is 0. The minimum Gasteiger partial charge on any atom is -0.223 e. The summed E-state index contributed by atoms with van der Waals surface area (Å²) in [6.45, 7) is 1.76. The van der Waals surface area contributed by atoms with Crippen LogP contribution in [-0.4, -0.2) is 20.4 Å². The van der Waals surface area contributed by atoms with Crippen LogP contribution in [0.15, 0.2) is 10.3 Å². The van der Waals surface area contributed by atoms with Gasteiger partial charge in [-0.05, 0) is 36.5 Å². The molecule has 2 nitrogen and oxygen atoms in total. The zero-order chi connectivity index (χ0) is 12.0. The maximum Gasteiger partial charge on any atom is 0.181 e. The van der Waals surface area contributed by atoms with Crippen molar-refractivity contribution in [2.45, 2.75) is 39.0 Å². The van der Waals surface area contributed by atoms with E-state index in [4.69, 9.17) is 0 Å². The van der Waals surface area contributed by atoms with Crippen LogP contribution in [0.1, 0.15) is 39.0 Å². The summed E-state index contributed by atoms with van der Waals surface area (Å²) in [6.07, 6.45) is 10.1. The van der Waals surface area contributed by atoms with Crippen molar-refractivity contribution >= 4 is 31.4 Å². The van der Waals surface area contributed by atoms with E-state index in [0.29, 0.717) is 4.24 Å². The molecule has 0 radical (unpaired) electrons. The van der Waals surface area contributed by atoms with E-state index >= 15 is 0 Å². The lowest BCUT2D eigenvalue weighted by Crippen LogP contribution is -1.96. The van der Waals surface area contributed by atoms with Gasteiger partial charge in [0.05, 0.1) is 0 Å². The molecule has 2 aliphatic rings. The van der Waals surface area contributed by atoms with Crippen LogP contribution in [0.5, 0.6) is 0 Å². The van der Waals surface area contributed by atoms with Gasteiger partial charge in [-0.3, -0.25) is 0 Å². The van der Waals surface area contributed by atoms with Gasteiger partial charge in [-0.25, -0.2) is 8.42 Å². The fraction of sp³-hybridized carbons (Fsp3) is 0.818. The average Bonchev–Trinajstić information content (AvgIpc) is 3.05. The Bertz CT molecular complexity index is 324. The second-order valence-electron chi connectivity index (χ2n) is 4.25. The molecule has 0 amide bonds. The van der Waals surface area contributed by atoms with Crippen molar-refractivity contribution in [2.75, 3.05) is 12.0 Å².